The van der Waals surface area contributed by atoms with Crippen molar-refractivity contribution >= 4 is 5.91 Å². The molecule has 0 aliphatic heterocycles. The Kier molecular flexibility index (Phi) is 4.97. The van der Waals surface area contributed by atoms with Gasteiger partial charge in [0.15, 0.2) is 0 Å². The molecule has 1 fully saturated rings. The van der Waals surface area contributed by atoms with Crippen LogP contribution in [-0.4, -0.2) is 18.0 Å². The molecular formula is C19H21N3O2. The van der Waals surface area contributed by atoms with Crippen molar-refractivity contribution in [2.24, 2.45) is 0 Å². The number of hydrogen-bond donors (Lipinski definition) is 2. The number of furan rings is 1. The molecule has 1 atom stereocenters. The van der Waals surface area contributed by atoms with Crippen LogP contribution in [0.15, 0.2) is 53.1 Å². The summed E-state index contributed by atoms with van der Waals surface area (Å²) in [5, 5.41) is 15.5. The molecule has 124 valence electrons. The monoisotopic (exact) mass is 323 g/mol. The fourth-order valence-electron chi connectivity index (χ4n) is 3.23. The smallest absolute Gasteiger partial charge is 0.235 e. The van der Waals surface area contributed by atoms with Crippen LogP contribution in [0.2, 0.25) is 0 Å². The Morgan fingerprint density at radius 1 is 1.21 bits per heavy atom. The molecule has 2 N–H and O–H groups in total. The van der Waals surface area contributed by atoms with Crippen molar-refractivity contribution < 1.29 is 9.21 Å². The van der Waals surface area contributed by atoms with Crippen molar-refractivity contribution in [3.63, 3.8) is 0 Å². The van der Waals surface area contributed by atoms with Gasteiger partial charge in [0.2, 0.25) is 5.91 Å². The van der Waals surface area contributed by atoms with Gasteiger partial charge < -0.3 is 9.73 Å². The van der Waals surface area contributed by atoms with Crippen LogP contribution in [0.5, 0.6) is 0 Å². The van der Waals surface area contributed by atoms with Gasteiger partial charge in [0.1, 0.15) is 11.3 Å². The van der Waals surface area contributed by atoms with E-state index in [1.165, 1.54) is 0 Å². The van der Waals surface area contributed by atoms with E-state index in [1.54, 1.807) is 6.26 Å². The van der Waals surface area contributed by atoms with Crippen LogP contribution in [0.3, 0.4) is 0 Å². The first kappa shape index (κ1) is 16.3. The summed E-state index contributed by atoms with van der Waals surface area (Å²) in [5.41, 5.74) is 0.335. The number of rotatable bonds is 6. The summed E-state index contributed by atoms with van der Waals surface area (Å²) < 4.78 is 5.51. The Morgan fingerprint density at radius 2 is 1.96 bits per heavy atom. The van der Waals surface area contributed by atoms with Gasteiger partial charge in [-0.2, -0.15) is 5.26 Å². The zero-order valence-corrected chi connectivity index (χ0v) is 13.5. The van der Waals surface area contributed by atoms with Gasteiger partial charge in [-0.25, -0.2) is 0 Å². The van der Waals surface area contributed by atoms with Gasteiger partial charge in [-0.05, 0) is 43.4 Å². The molecule has 0 radical (unpaired) electrons. The van der Waals surface area contributed by atoms with Crippen molar-refractivity contribution in [2.45, 2.75) is 37.3 Å². The van der Waals surface area contributed by atoms with E-state index >= 15 is 0 Å². The summed E-state index contributed by atoms with van der Waals surface area (Å²) in [4.78, 5) is 12.3. The molecule has 0 spiro atoms. The van der Waals surface area contributed by atoms with Gasteiger partial charge >= 0.3 is 0 Å². The van der Waals surface area contributed by atoms with Crippen molar-refractivity contribution in [3.05, 3.63) is 60.1 Å². The van der Waals surface area contributed by atoms with Crippen LogP contribution >= 0.6 is 0 Å². The number of carbonyl (C=O) groups excluding carboxylic acids is 1. The van der Waals surface area contributed by atoms with Crippen LogP contribution in [-0.2, 0) is 4.79 Å². The average Bonchev–Trinajstić information content (AvgIpc) is 3.29. The maximum absolute atomic E-state index is 12.3. The van der Waals surface area contributed by atoms with Crippen molar-refractivity contribution in [2.75, 3.05) is 6.54 Å². The van der Waals surface area contributed by atoms with E-state index in [2.05, 4.69) is 16.7 Å². The molecule has 1 heterocycles. The summed E-state index contributed by atoms with van der Waals surface area (Å²) in [6.45, 7) is 0.129. The van der Waals surface area contributed by atoms with Gasteiger partial charge in [0.25, 0.3) is 0 Å². The predicted octanol–water partition coefficient (Wildman–Crippen LogP) is 2.91. The Bertz CT molecular complexity index is 698. The molecule has 1 amide bonds. The summed E-state index contributed by atoms with van der Waals surface area (Å²) in [5.74, 6) is 0.593. The van der Waals surface area contributed by atoms with Crippen LogP contribution in [0, 0.1) is 11.3 Å². The molecule has 5 nitrogen and oxygen atoms in total. The first-order valence-corrected chi connectivity index (χ1v) is 8.26. The highest BCUT2D eigenvalue weighted by Gasteiger charge is 2.35. The number of nitrogens with zero attached hydrogens (tertiary/aromatic N) is 1. The minimum Gasteiger partial charge on any atom is -0.467 e. The molecule has 0 unspecified atom stereocenters. The van der Waals surface area contributed by atoms with Gasteiger partial charge in [-0.3, -0.25) is 10.1 Å². The lowest BCUT2D eigenvalue weighted by Crippen LogP contribution is -2.48. The molecule has 1 saturated carbocycles. The topological polar surface area (TPSA) is 78.1 Å². The van der Waals surface area contributed by atoms with Gasteiger partial charge in [-0.15, -0.1) is 0 Å². The fourth-order valence-corrected chi connectivity index (χ4v) is 3.23. The number of nitriles is 1. The van der Waals surface area contributed by atoms with Gasteiger partial charge in [0.05, 0.1) is 24.9 Å². The molecule has 24 heavy (non-hydrogen) atoms. The first-order valence-electron chi connectivity index (χ1n) is 8.26. The molecule has 0 bridgehead atoms. The molecule has 1 aliphatic carbocycles. The maximum atomic E-state index is 12.3. The Hall–Kier alpha value is -2.58. The van der Waals surface area contributed by atoms with E-state index in [-0.39, 0.29) is 18.5 Å². The first-order chi connectivity index (χ1) is 11.7. The summed E-state index contributed by atoms with van der Waals surface area (Å²) >= 11 is 0. The van der Waals surface area contributed by atoms with Crippen molar-refractivity contribution in [3.8, 4) is 6.07 Å². The Morgan fingerprint density at radius 3 is 2.58 bits per heavy atom. The zero-order chi connectivity index (χ0) is 16.8. The van der Waals surface area contributed by atoms with E-state index in [0.29, 0.717) is 0 Å². The van der Waals surface area contributed by atoms with Gasteiger partial charge in [0, 0.05) is 0 Å². The average molecular weight is 323 g/mol. The highest BCUT2D eigenvalue weighted by Crippen LogP contribution is 2.28. The Balaban J connectivity index is 1.66. The van der Waals surface area contributed by atoms with Crippen LogP contribution in [0.4, 0.5) is 0 Å². The van der Waals surface area contributed by atoms with E-state index in [4.69, 9.17) is 4.42 Å². The molecule has 1 aliphatic rings. The van der Waals surface area contributed by atoms with Crippen LogP contribution < -0.4 is 10.6 Å². The largest absolute Gasteiger partial charge is 0.467 e. The second-order valence-electron chi connectivity index (χ2n) is 6.19. The highest BCUT2D eigenvalue weighted by atomic mass is 16.3. The molecule has 0 saturated heterocycles. The summed E-state index contributed by atoms with van der Waals surface area (Å²) in [6.07, 6.45) is 5.06. The lowest BCUT2D eigenvalue weighted by Gasteiger charge is -2.23. The maximum Gasteiger partial charge on any atom is 0.235 e. The Labute approximate surface area is 141 Å². The predicted molar refractivity (Wildman–Crippen MR) is 90.0 cm³/mol. The van der Waals surface area contributed by atoms with E-state index in [1.807, 2.05) is 42.5 Å². The van der Waals surface area contributed by atoms with E-state index in [0.717, 1.165) is 37.0 Å². The molecule has 3 rings (SSSR count). The molecule has 1 aromatic heterocycles. The quantitative estimate of drug-likeness (QED) is 0.857. The van der Waals surface area contributed by atoms with Crippen molar-refractivity contribution in [1.82, 2.24) is 10.6 Å². The normalized spacial score (nSPS) is 17.1. The summed E-state index contributed by atoms with van der Waals surface area (Å²) in [7, 11) is 0. The number of nitrogens with one attached hydrogen (secondary N) is 2. The number of carbonyl (C=O) groups is 1. The second-order valence-corrected chi connectivity index (χ2v) is 6.19. The SMILES string of the molecule is N#CC1(NC(=O)CN[C@@H](c2ccccc2)c2ccco2)CCCC1. The van der Waals surface area contributed by atoms with Crippen molar-refractivity contribution in [1.29, 1.82) is 5.26 Å². The lowest BCUT2D eigenvalue weighted by atomic mass is 10.00. The third kappa shape index (κ3) is 3.66. The second kappa shape index (κ2) is 7.33. The number of amides is 1. The van der Waals surface area contributed by atoms with Gasteiger partial charge in [-0.1, -0.05) is 30.3 Å². The lowest BCUT2D eigenvalue weighted by molar-refractivity contribution is -0.121. The van der Waals surface area contributed by atoms with E-state index < -0.39 is 5.54 Å². The third-order valence-electron chi connectivity index (χ3n) is 4.48. The fraction of sp³-hybridized carbons (Fsp3) is 0.368. The number of benzene rings is 1. The minimum atomic E-state index is -0.689. The molecule has 5 heteroatoms. The highest BCUT2D eigenvalue weighted by molar-refractivity contribution is 5.79. The van der Waals surface area contributed by atoms with Crippen LogP contribution in [0.1, 0.15) is 43.0 Å². The third-order valence-corrected chi connectivity index (χ3v) is 4.48. The standard InChI is InChI=1S/C19H21N3O2/c20-14-19(10-4-5-11-19)22-17(23)13-21-18(16-9-6-12-24-16)15-7-2-1-3-8-15/h1-3,6-9,12,18,21H,4-5,10-11,13H2,(H,22,23)/t18-/m0/s1. The van der Waals surface area contributed by atoms with E-state index in [9.17, 15) is 10.1 Å². The molecule has 1 aromatic carbocycles. The zero-order valence-electron chi connectivity index (χ0n) is 13.5. The number of hydrogen-bond acceptors (Lipinski definition) is 4. The molecule has 2 aromatic rings. The summed E-state index contributed by atoms with van der Waals surface area (Å²) in [6, 6.07) is 15.6. The minimum absolute atomic E-state index is 0.129. The van der Waals surface area contributed by atoms with Crippen LogP contribution in [0.25, 0.3) is 0 Å². The molecular weight excluding hydrogens is 302 g/mol.